The summed E-state index contributed by atoms with van der Waals surface area (Å²) in [5.41, 5.74) is 2.54. The lowest BCUT2D eigenvalue weighted by atomic mass is 9.87. The fraction of sp³-hybridized carbons (Fsp3) is 0.524. The lowest BCUT2D eigenvalue weighted by Gasteiger charge is -2.20. The van der Waals surface area contributed by atoms with Gasteiger partial charge in [0.2, 0.25) is 5.91 Å². The molecular weight excluding hydrogens is 424 g/mol. The Morgan fingerprint density at radius 2 is 2.07 bits per heavy atom. The van der Waals surface area contributed by atoms with Crippen molar-refractivity contribution in [3.05, 3.63) is 38.8 Å². The van der Waals surface area contributed by atoms with E-state index in [1.165, 1.54) is 29.0 Å². The molecule has 0 bridgehead atoms. The number of benzene rings is 1. The number of thiazole rings is 1. The van der Waals surface area contributed by atoms with Crippen LogP contribution in [0, 0.1) is 0 Å². The number of nitrogens with zero attached hydrogens (tertiary/aromatic N) is 1. The first-order valence-electron chi connectivity index (χ1n) is 9.54. The summed E-state index contributed by atoms with van der Waals surface area (Å²) in [6, 6.07) is 6.19. The second kappa shape index (κ2) is 8.74. The van der Waals surface area contributed by atoms with E-state index in [4.69, 9.17) is 4.74 Å². The molecule has 2 aromatic rings. The van der Waals surface area contributed by atoms with Gasteiger partial charge in [-0.3, -0.25) is 4.79 Å². The third kappa shape index (κ3) is 5.55. The van der Waals surface area contributed by atoms with Crippen LogP contribution in [0.1, 0.15) is 62.6 Å². The molecule has 0 aliphatic heterocycles. The highest BCUT2D eigenvalue weighted by Crippen LogP contribution is 2.32. The smallest absolute Gasteiger partial charge is 0.226 e. The first-order valence-corrected chi connectivity index (χ1v) is 11.1. The lowest BCUT2D eigenvalue weighted by molar-refractivity contribution is -0.116. The van der Waals surface area contributed by atoms with Crippen LogP contribution in [-0.4, -0.2) is 17.5 Å². The van der Waals surface area contributed by atoms with E-state index >= 15 is 0 Å². The van der Waals surface area contributed by atoms with Crippen molar-refractivity contribution in [3.8, 4) is 5.75 Å². The number of hydrogen-bond acceptors (Lipinski definition) is 4. The summed E-state index contributed by atoms with van der Waals surface area (Å²) in [5, 5.41) is 3.68. The summed E-state index contributed by atoms with van der Waals surface area (Å²) in [6.07, 6.45) is 5.67. The molecule has 1 aliphatic rings. The number of anilines is 1. The van der Waals surface area contributed by atoms with E-state index in [-0.39, 0.29) is 11.3 Å². The van der Waals surface area contributed by atoms with Crippen LogP contribution < -0.4 is 10.1 Å². The van der Waals surface area contributed by atoms with Crippen LogP contribution in [0.2, 0.25) is 0 Å². The van der Waals surface area contributed by atoms with Crippen LogP contribution in [-0.2, 0) is 23.1 Å². The van der Waals surface area contributed by atoms with Gasteiger partial charge in [0.15, 0.2) is 5.13 Å². The molecule has 1 N–H and O–H groups in total. The Labute approximate surface area is 173 Å². The van der Waals surface area contributed by atoms with Crippen molar-refractivity contribution in [1.82, 2.24) is 4.98 Å². The monoisotopic (exact) mass is 450 g/mol. The number of hydrogen-bond donors (Lipinski definition) is 1. The molecule has 3 rings (SSSR count). The van der Waals surface area contributed by atoms with Gasteiger partial charge in [0.1, 0.15) is 5.75 Å². The molecule has 0 spiro atoms. The van der Waals surface area contributed by atoms with Gasteiger partial charge in [0, 0.05) is 11.3 Å². The minimum atomic E-state index is 0.00634. The first-order chi connectivity index (χ1) is 12.8. The van der Waals surface area contributed by atoms with E-state index in [0.717, 1.165) is 28.2 Å². The Hall–Kier alpha value is -1.40. The molecule has 0 radical (unpaired) electrons. The highest BCUT2D eigenvalue weighted by molar-refractivity contribution is 9.10. The van der Waals surface area contributed by atoms with Crippen LogP contribution >= 0.6 is 27.3 Å². The van der Waals surface area contributed by atoms with Crippen LogP contribution in [0.5, 0.6) is 5.75 Å². The number of rotatable bonds is 6. The number of ether oxygens (including phenoxy) is 1. The predicted octanol–water partition coefficient (Wildman–Crippen LogP) is 5.88. The number of aryl methyl sites for hydroxylation is 2. The summed E-state index contributed by atoms with van der Waals surface area (Å²) < 4.78 is 6.78. The molecule has 1 heterocycles. The van der Waals surface area contributed by atoms with Crippen molar-refractivity contribution in [2.45, 2.75) is 64.7 Å². The number of amides is 1. The summed E-state index contributed by atoms with van der Waals surface area (Å²) in [5.74, 6) is 0.822. The van der Waals surface area contributed by atoms with Gasteiger partial charge in [-0.15, -0.1) is 11.3 Å². The van der Waals surface area contributed by atoms with E-state index in [1.54, 1.807) is 11.3 Å². The summed E-state index contributed by atoms with van der Waals surface area (Å²) in [6.45, 7) is 7.07. The Morgan fingerprint density at radius 3 is 2.78 bits per heavy atom. The van der Waals surface area contributed by atoms with Gasteiger partial charge in [-0.1, -0.05) is 26.8 Å². The molecule has 6 heteroatoms. The van der Waals surface area contributed by atoms with Gasteiger partial charge >= 0.3 is 0 Å². The van der Waals surface area contributed by atoms with Crippen LogP contribution in [0.15, 0.2) is 22.7 Å². The Kier molecular flexibility index (Phi) is 6.58. The van der Waals surface area contributed by atoms with Crippen molar-refractivity contribution in [2.24, 2.45) is 0 Å². The molecule has 1 amide bonds. The molecule has 0 fully saturated rings. The fourth-order valence-corrected chi connectivity index (χ4v) is 4.65. The summed E-state index contributed by atoms with van der Waals surface area (Å²) in [7, 11) is 0. The Morgan fingerprint density at radius 1 is 1.30 bits per heavy atom. The molecule has 146 valence electrons. The van der Waals surface area contributed by atoms with Gasteiger partial charge < -0.3 is 10.1 Å². The average molecular weight is 451 g/mol. The van der Waals surface area contributed by atoms with E-state index in [2.05, 4.69) is 59.1 Å². The van der Waals surface area contributed by atoms with Crippen LogP contribution in [0.4, 0.5) is 5.13 Å². The fourth-order valence-electron chi connectivity index (χ4n) is 3.09. The molecule has 0 saturated carbocycles. The van der Waals surface area contributed by atoms with Crippen LogP contribution in [0.25, 0.3) is 0 Å². The maximum atomic E-state index is 12.1. The average Bonchev–Trinajstić information content (AvgIpc) is 3.01. The molecule has 27 heavy (non-hydrogen) atoms. The van der Waals surface area contributed by atoms with Crippen molar-refractivity contribution in [3.63, 3.8) is 0 Å². The quantitative estimate of drug-likeness (QED) is 0.558. The maximum Gasteiger partial charge on any atom is 0.226 e. The zero-order chi connectivity index (χ0) is 19.4. The number of carbonyl (C=O) groups excluding carboxylic acids is 1. The van der Waals surface area contributed by atoms with Gasteiger partial charge in [0.25, 0.3) is 0 Å². The third-order valence-electron chi connectivity index (χ3n) is 4.70. The van der Waals surface area contributed by atoms with Crippen molar-refractivity contribution >= 4 is 38.3 Å². The number of carbonyl (C=O) groups is 1. The van der Waals surface area contributed by atoms with Gasteiger partial charge in [0.05, 0.1) is 16.8 Å². The predicted molar refractivity (Wildman–Crippen MR) is 115 cm³/mol. The number of halogens is 1. The number of nitrogens with one attached hydrogen (secondary N) is 1. The van der Waals surface area contributed by atoms with Crippen molar-refractivity contribution < 1.29 is 9.53 Å². The first kappa shape index (κ1) is 20.3. The molecule has 0 saturated heterocycles. The standard InChI is InChI=1S/C21H27BrN2O2S/c1-21(2,3)14-10-11-17(15(22)13-14)26-12-6-9-19(25)24-20-23-16-7-4-5-8-18(16)27-20/h10-11,13H,4-9,12H2,1-3H3,(H,23,24,25). The number of fused-ring (bicyclic) bond motifs is 1. The Balaban J connectivity index is 1.43. The maximum absolute atomic E-state index is 12.1. The van der Waals surface area contributed by atoms with Gasteiger partial charge in [-0.2, -0.15) is 0 Å². The van der Waals surface area contributed by atoms with E-state index in [9.17, 15) is 4.79 Å². The third-order valence-corrected chi connectivity index (χ3v) is 6.39. The highest BCUT2D eigenvalue weighted by atomic mass is 79.9. The normalized spacial score (nSPS) is 13.9. The molecule has 4 nitrogen and oxygen atoms in total. The van der Waals surface area contributed by atoms with Crippen molar-refractivity contribution in [2.75, 3.05) is 11.9 Å². The largest absolute Gasteiger partial charge is 0.492 e. The minimum absolute atomic E-state index is 0.00634. The summed E-state index contributed by atoms with van der Waals surface area (Å²) >= 11 is 5.21. The SMILES string of the molecule is CC(C)(C)c1ccc(OCCCC(=O)Nc2nc3c(s2)CCCC3)c(Br)c1. The minimum Gasteiger partial charge on any atom is -0.492 e. The second-order valence-electron chi connectivity index (χ2n) is 7.99. The lowest BCUT2D eigenvalue weighted by Crippen LogP contribution is -2.13. The molecule has 1 aliphatic carbocycles. The van der Waals surface area contributed by atoms with E-state index in [1.807, 2.05) is 6.07 Å². The molecule has 0 unspecified atom stereocenters. The molecule has 1 aromatic carbocycles. The second-order valence-corrected chi connectivity index (χ2v) is 9.93. The van der Waals surface area contributed by atoms with Gasteiger partial charge in [-0.05, 0) is 71.1 Å². The zero-order valence-corrected chi connectivity index (χ0v) is 18.6. The molecule has 1 aromatic heterocycles. The van der Waals surface area contributed by atoms with E-state index < -0.39 is 0 Å². The molecule has 0 atom stereocenters. The molecular formula is C21H27BrN2O2S. The highest BCUT2D eigenvalue weighted by Gasteiger charge is 2.17. The zero-order valence-electron chi connectivity index (χ0n) is 16.2. The van der Waals surface area contributed by atoms with Gasteiger partial charge in [-0.25, -0.2) is 4.98 Å². The van der Waals surface area contributed by atoms with Crippen molar-refractivity contribution in [1.29, 1.82) is 0 Å². The summed E-state index contributed by atoms with van der Waals surface area (Å²) in [4.78, 5) is 18.0. The Bertz CT molecular complexity index is 787. The topological polar surface area (TPSA) is 51.2 Å². The van der Waals surface area contributed by atoms with Crippen LogP contribution in [0.3, 0.4) is 0 Å². The van der Waals surface area contributed by atoms with E-state index in [0.29, 0.717) is 19.4 Å². The number of aromatic nitrogens is 1.